The van der Waals surface area contributed by atoms with E-state index in [1.807, 2.05) is 0 Å². The summed E-state index contributed by atoms with van der Waals surface area (Å²) in [7, 11) is 0. The second-order valence-electron chi connectivity index (χ2n) is 5.89. The molecule has 9 nitrogen and oxygen atoms in total. The molecule has 1 aliphatic rings. The number of hydrogen-bond acceptors (Lipinski definition) is 8. The van der Waals surface area contributed by atoms with Crippen LogP contribution in [0.3, 0.4) is 0 Å². The first kappa shape index (κ1) is 27.1. The number of carbonyl (C=O) groups excluding carboxylic acids is 2. The van der Waals surface area contributed by atoms with E-state index in [-0.39, 0.29) is 25.7 Å². The SMILES string of the molecule is CCOC(=O)C(CCCN)(OC1CCOCC1)C(=O)OCC.O=C(O)C(F)(F)F. The van der Waals surface area contributed by atoms with Crippen LogP contribution in [0.25, 0.3) is 0 Å². The fourth-order valence-electron chi connectivity index (χ4n) is 2.37. The molecule has 0 atom stereocenters. The fourth-order valence-corrected chi connectivity index (χ4v) is 2.37. The van der Waals surface area contributed by atoms with Gasteiger partial charge in [-0.15, -0.1) is 0 Å². The third-order valence-electron chi connectivity index (χ3n) is 3.72. The van der Waals surface area contributed by atoms with E-state index >= 15 is 0 Å². The van der Waals surface area contributed by atoms with Crippen molar-refractivity contribution < 1.29 is 51.6 Å². The van der Waals surface area contributed by atoms with Crippen LogP contribution in [0.4, 0.5) is 13.2 Å². The largest absolute Gasteiger partial charge is 0.490 e. The number of carboxylic acid groups (broad SMARTS) is 1. The van der Waals surface area contributed by atoms with E-state index in [0.29, 0.717) is 39.0 Å². The van der Waals surface area contributed by atoms with Gasteiger partial charge in [-0.1, -0.05) is 0 Å². The van der Waals surface area contributed by atoms with Gasteiger partial charge in [0.1, 0.15) is 0 Å². The Morgan fingerprint density at radius 2 is 1.52 bits per heavy atom. The first-order valence-corrected chi connectivity index (χ1v) is 9.15. The van der Waals surface area contributed by atoms with Gasteiger partial charge < -0.3 is 29.8 Å². The number of carboxylic acids is 1. The lowest BCUT2D eigenvalue weighted by Crippen LogP contribution is -2.54. The topological polar surface area (TPSA) is 134 Å². The lowest BCUT2D eigenvalue weighted by atomic mass is 9.96. The first-order valence-electron chi connectivity index (χ1n) is 9.15. The fraction of sp³-hybridized carbons (Fsp3) is 0.824. The molecule has 0 aromatic carbocycles. The van der Waals surface area contributed by atoms with Crippen molar-refractivity contribution in [3.63, 3.8) is 0 Å². The van der Waals surface area contributed by atoms with Gasteiger partial charge in [-0.3, -0.25) is 0 Å². The summed E-state index contributed by atoms with van der Waals surface area (Å²) in [5, 5.41) is 7.12. The van der Waals surface area contributed by atoms with Crippen molar-refractivity contribution in [1.82, 2.24) is 0 Å². The van der Waals surface area contributed by atoms with E-state index in [1.54, 1.807) is 13.8 Å². The molecule has 0 aromatic rings. The number of rotatable bonds is 9. The Morgan fingerprint density at radius 1 is 1.07 bits per heavy atom. The highest BCUT2D eigenvalue weighted by atomic mass is 19.4. The molecule has 0 saturated carbocycles. The number of nitrogens with two attached hydrogens (primary N) is 1. The molecule has 3 N–H and O–H groups in total. The number of halogens is 3. The van der Waals surface area contributed by atoms with Crippen LogP contribution in [0.15, 0.2) is 0 Å². The summed E-state index contributed by atoms with van der Waals surface area (Å²) in [4.78, 5) is 33.8. The molecule has 12 heteroatoms. The Labute approximate surface area is 166 Å². The maximum absolute atomic E-state index is 12.4. The van der Waals surface area contributed by atoms with E-state index in [0.717, 1.165) is 0 Å². The Morgan fingerprint density at radius 3 is 1.86 bits per heavy atom. The average molecular weight is 431 g/mol. The van der Waals surface area contributed by atoms with E-state index in [4.69, 9.17) is 34.6 Å². The third-order valence-corrected chi connectivity index (χ3v) is 3.72. The Hall–Kier alpha value is -1.92. The summed E-state index contributed by atoms with van der Waals surface area (Å²) >= 11 is 0. The zero-order valence-corrected chi connectivity index (χ0v) is 16.5. The molecule has 0 bridgehead atoms. The van der Waals surface area contributed by atoms with Crippen molar-refractivity contribution in [3.05, 3.63) is 0 Å². The van der Waals surface area contributed by atoms with Crippen LogP contribution in [-0.2, 0) is 33.3 Å². The lowest BCUT2D eigenvalue weighted by Gasteiger charge is -2.34. The molecular weight excluding hydrogens is 403 g/mol. The van der Waals surface area contributed by atoms with Crippen molar-refractivity contribution in [3.8, 4) is 0 Å². The second kappa shape index (κ2) is 13.3. The number of aliphatic carboxylic acids is 1. The highest BCUT2D eigenvalue weighted by Crippen LogP contribution is 2.28. The average Bonchev–Trinajstić information content (AvgIpc) is 2.66. The number of hydrogen-bond donors (Lipinski definition) is 2. The molecule has 170 valence electrons. The monoisotopic (exact) mass is 431 g/mol. The van der Waals surface area contributed by atoms with E-state index < -0.39 is 29.7 Å². The summed E-state index contributed by atoms with van der Waals surface area (Å²) in [5.74, 6) is -4.16. The minimum Gasteiger partial charge on any atom is -0.475 e. The minimum atomic E-state index is -5.08. The van der Waals surface area contributed by atoms with Crippen molar-refractivity contribution in [2.24, 2.45) is 5.73 Å². The van der Waals surface area contributed by atoms with Crippen LogP contribution in [0, 0.1) is 0 Å². The lowest BCUT2D eigenvalue weighted by molar-refractivity contribution is -0.204. The molecule has 1 heterocycles. The van der Waals surface area contributed by atoms with Gasteiger partial charge in [0.25, 0.3) is 5.60 Å². The molecule has 0 aromatic heterocycles. The van der Waals surface area contributed by atoms with Gasteiger partial charge in [-0.2, -0.15) is 13.2 Å². The van der Waals surface area contributed by atoms with Crippen LogP contribution >= 0.6 is 0 Å². The van der Waals surface area contributed by atoms with E-state index in [2.05, 4.69) is 0 Å². The number of ether oxygens (including phenoxy) is 4. The summed E-state index contributed by atoms with van der Waals surface area (Å²) < 4.78 is 53.1. The van der Waals surface area contributed by atoms with Gasteiger partial charge in [-0.25, -0.2) is 14.4 Å². The molecule has 1 fully saturated rings. The van der Waals surface area contributed by atoms with Gasteiger partial charge in [0.15, 0.2) is 0 Å². The molecule has 1 saturated heterocycles. The molecule has 0 aliphatic carbocycles. The Kier molecular flexibility index (Phi) is 12.4. The molecule has 1 rings (SSSR count). The zero-order chi connectivity index (χ0) is 22.5. The Balaban J connectivity index is 0.000000956. The molecule has 29 heavy (non-hydrogen) atoms. The Bertz CT molecular complexity index is 503. The molecule has 0 unspecified atom stereocenters. The smallest absolute Gasteiger partial charge is 0.475 e. The number of esters is 2. The predicted octanol–water partition coefficient (Wildman–Crippen LogP) is 1.42. The number of alkyl halides is 3. The van der Waals surface area contributed by atoms with Crippen molar-refractivity contribution >= 4 is 17.9 Å². The van der Waals surface area contributed by atoms with Crippen LogP contribution in [-0.4, -0.2) is 73.9 Å². The highest BCUT2D eigenvalue weighted by Gasteiger charge is 2.51. The molecule has 0 radical (unpaired) electrons. The summed E-state index contributed by atoms with van der Waals surface area (Å²) in [6.45, 7) is 5.14. The van der Waals surface area contributed by atoms with Crippen LogP contribution < -0.4 is 5.73 Å². The molecular formula is C17H28F3NO8. The summed E-state index contributed by atoms with van der Waals surface area (Å²) in [5.41, 5.74) is 3.81. The maximum atomic E-state index is 12.4. The first-order chi connectivity index (χ1) is 13.5. The van der Waals surface area contributed by atoms with Gasteiger partial charge in [0, 0.05) is 13.2 Å². The second-order valence-corrected chi connectivity index (χ2v) is 5.89. The van der Waals surface area contributed by atoms with E-state index in [1.165, 1.54) is 0 Å². The van der Waals surface area contributed by atoms with Gasteiger partial charge >= 0.3 is 24.1 Å². The summed E-state index contributed by atoms with van der Waals surface area (Å²) in [6, 6.07) is 0. The normalized spacial score (nSPS) is 15.1. The van der Waals surface area contributed by atoms with Crippen LogP contribution in [0.2, 0.25) is 0 Å². The van der Waals surface area contributed by atoms with Crippen molar-refractivity contribution in [1.29, 1.82) is 0 Å². The van der Waals surface area contributed by atoms with Gasteiger partial charge in [-0.05, 0) is 46.1 Å². The maximum Gasteiger partial charge on any atom is 0.490 e. The standard InChI is InChI=1S/C15H27NO6.C2HF3O2/c1-3-20-13(17)15(8-5-9-16,14(18)21-4-2)22-12-6-10-19-11-7-12;3-2(4,5)1(6)7/h12H,3-11,16H2,1-2H3;(H,6,7). The van der Waals surface area contributed by atoms with E-state index in [9.17, 15) is 22.8 Å². The predicted molar refractivity (Wildman–Crippen MR) is 92.9 cm³/mol. The van der Waals surface area contributed by atoms with Crippen molar-refractivity contribution in [2.45, 2.75) is 57.4 Å². The van der Waals surface area contributed by atoms with Gasteiger partial charge in [0.2, 0.25) is 0 Å². The zero-order valence-electron chi connectivity index (χ0n) is 16.5. The van der Waals surface area contributed by atoms with Gasteiger partial charge in [0.05, 0.1) is 19.3 Å². The minimum absolute atomic E-state index is 0.151. The van der Waals surface area contributed by atoms with Crippen LogP contribution in [0.1, 0.15) is 39.5 Å². The molecule has 0 amide bonds. The van der Waals surface area contributed by atoms with Crippen molar-refractivity contribution in [2.75, 3.05) is 33.0 Å². The highest BCUT2D eigenvalue weighted by molar-refractivity contribution is 6.03. The molecule has 1 aliphatic heterocycles. The van der Waals surface area contributed by atoms with Crippen LogP contribution in [0.5, 0.6) is 0 Å². The molecule has 0 spiro atoms. The number of carbonyl (C=O) groups is 3. The third kappa shape index (κ3) is 9.41. The quantitative estimate of drug-likeness (QED) is 0.410. The summed E-state index contributed by atoms with van der Waals surface area (Å²) in [6.07, 6.45) is -3.45.